The molecular formula is C23H22N2O2. The first-order valence-electron chi connectivity index (χ1n) is 8.79. The summed E-state index contributed by atoms with van der Waals surface area (Å²) >= 11 is 0. The molecule has 0 aliphatic carbocycles. The van der Waals surface area contributed by atoms with Crippen LogP contribution in [0.3, 0.4) is 0 Å². The van der Waals surface area contributed by atoms with Crippen LogP contribution in [0.2, 0.25) is 0 Å². The molecule has 0 spiro atoms. The van der Waals surface area contributed by atoms with E-state index < -0.39 is 0 Å². The van der Waals surface area contributed by atoms with Gasteiger partial charge in [-0.3, -0.25) is 9.59 Å². The standard InChI is InChI=1S/C23H22N2O2/c1-25(2)23(27)18-12-14-20(15-13-18)24-22(26)21-11-7-6-10-19(21)16-17-8-4-3-5-9-17/h3-15H,16H2,1-2H3,(H,24,26). The maximum Gasteiger partial charge on any atom is 0.255 e. The minimum Gasteiger partial charge on any atom is -0.345 e. The highest BCUT2D eigenvalue weighted by Crippen LogP contribution is 2.17. The number of hydrogen-bond acceptors (Lipinski definition) is 2. The Bertz CT molecular complexity index is 932. The van der Waals surface area contributed by atoms with Gasteiger partial charge in [0.25, 0.3) is 11.8 Å². The molecule has 0 aromatic heterocycles. The second kappa shape index (κ2) is 8.32. The van der Waals surface area contributed by atoms with Gasteiger partial charge in [0.05, 0.1) is 0 Å². The number of hydrogen-bond donors (Lipinski definition) is 1. The van der Waals surface area contributed by atoms with Crippen LogP contribution in [0.5, 0.6) is 0 Å². The summed E-state index contributed by atoms with van der Waals surface area (Å²) in [5.41, 5.74) is 4.02. The molecule has 3 rings (SSSR count). The van der Waals surface area contributed by atoms with Crippen LogP contribution in [0.4, 0.5) is 5.69 Å². The van der Waals surface area contributed by atoms with Gasteiger partial charge < -0.3 is 10.2 Å². The highest BCUT2D eigenvalue weighted by Gasteiger charge is 2.12. The summed E-state index contributed by atoms with van der Waals surface area (Å²) in [5, 5.41) is 2.92. The maximum atomic E-state index is 12.8. The summed E-state index contributed by atoms with van der Waals surface area (Å²) in [4.78, 5) is 26.2. The third kappa shape index (κ3) is 4.61. The number of anilines is 1. The second-order valence-electron chi connectivity index (χ2n) is 6.55. The molecule has 4 nitrogen and oxygen atoms in total. The van der Waals surface area contributed by atoms with Gasteiger partial charge in [0.1, 0.15) is 0 Å². The van der Waals surface area contributed by atoms with E-state index in [1.807, 2.05) is 42.5 Å². The highest BCUT2D eigenvalue weighted by atomic mass is 16.2. The first-order valence-corrected chi connectivity index (χ1v) is 8.79. The van der Waals surface area contributed by atoms with Crippen LogP contribution in [-0.4, -0.2) is 30.8 Å². The quantitative estimate of drug-likeness (QED) is 0.742. The number of amides is 2. The molecule has 4 heteroatoms. The van der Waals surface area contributed by atoms with Crippen molar-refractivity contribution in [3.63, 3.8) is 0 Å². The molecule has 136 valence electrons. The van der Waals surface area contributed by atoms with Gasteiger partial charge in [-0.05, 0) is 47.9 Å². The lowest BCUT2D eigenvalue weighted by atomic mass is 9.99. The average molecular weight is 358 g/mol. The molecule has 3 aromatic carbocycles. The summed E-state index contributed by atoms with van der Waals surface area (Å²) in [6.45, 7) is 0. The van der Waals surface area contributed by atoms with Crippen molar-refractivity contribution in [1.29, 1.82) is 0 Å². The van der Waals surface area contributed by atoms with E-state index in [1.165, 1.54) is 4.90 Å². The Morgan fingerprint density at radius 2 is 1.44 bits per heavy atom. The van der Waals surface area contributed by atoms with E-state index in [2.05, 4.69) is 17.4 Å². The highest BCUT2D eigenvalue weighted by molar-refractivity contribution is 6.05. The van der Waals surface area contributed by atoms with Gasteiger partial charge in [0.15, 0.2) is 0 Å². The predicted octanol–water partition coefficient (Wildman–Crippen LogP) is 4.23. The first kappa shape index (κ1) is 18.4. The van der Waals surface area contributed by atoms with E-state index in [0.29, 0.717) is 23.2 Å². The molecule has 0 heterocycles. The maximum absolute atomic E-state index is 12.8. The van der Waals surface area contributed by atoms with Gasteiger partial charge in [0, 0.05) is 30.9 Å². The zero-order chi connectivity index (χ0) is 19.2. The van der Waals surface area contributed by atoms with Crippen molar-refractivity contribution in [2.75, 3.05) is 19.4 Å². The van der Waals surface area contributed by atoms with Crippen LogP contribution in [0.1, 0.15) is 31.8 Å². The van der Waals surface area contributed by atoms with Crippen molar-refractivity contribution in [2.24, 2.45) is 0 Å². The van der Waals surface area contributed by atoms with Gasteiger partial charge in [0.2, 0.25) is 0 Å². The molecule has 0 atom stereocenters. The number of nitrogens with zero attached hydrogens (tertiary/aromatic N) is 1. The number of carbonyl (C=O) groups excluding carboxylic acids is 2. The first-order chi connectivity index (χ1) is 13.0. The lowest BCUT2D eigenvalue weighted by Crippen LogP contribution is -2.21. The van der Waals surface area contributed by atoms with Crippen molar-refractivity contribution < 1.29 is 9.59 Å². The average Bonchev–Trinajstić information content (AvgIpc) is 2.69. The van der Waals surface area contributed by atoms with E-state index in [1.54, 1.807) is 38.4 Å². The summed E-state index contributed by atoms with van der Waals surface area (Å²) in [5.74, 6) is -0.227. The number of nitrogens with one attached hydrogen (secondary N) is 1. The van der Waals surface area contributed by atoms with Crippen molar-refractivity contribution >= 4 is 17.5 Å². The Morgan fingerprint density at radius 1 is 0.815 bits per heavy atom. The minimum absolute atomic E-state index is 0.0684. The van der Waals surface area contributed by atoms with E-state index in [-0.39, 0.29) is 11.8 Å². The lowest BCUT2D eigenvalue weighted by molar-refractivity contribution is 0.0827. The number of benzene rings is 3. The molecule has 1 N–H and O–H groups in total. The van der Waals surface area contributed by atoms with Gasteiger partial charge >= 0.3 is 0 Å². The molecule has 0 bridgehead atoms. The van der Waals surface area contributed by atoms with Crippen LogP contribution < -0.4 is 5.32 Å². The summed E-state index contributed by atoms with van der Waals surface area (Å²) in [7, 11) is 3.42. The fraction of sp³-hybridized carbons (Fsp3) is 0.130. The zero-order valence-electron chi connectivity index (χ0n) is 15.5. The van der Waals surface area contributed by atoms with Gasteiger partial charge in [-0.2, -0.15) is 0 Å². The Labute approximate surface area is 159 Å². The fourth-order valence-electron chi connectivity index (χ4n) is 2.86. The molecule has 0 fully saturated rings. The molecule has 0 aliphatic rings. The summed E-state index contributed by atoms with van der Waals surface area (Å²) in [6, 6.07) is 24.6. The number of carbonyl (C=O) groups is 2. The molecule has 0 aliphatic heterocycles. The third-order valence-corrected chi connectivity index (χ3v) is 4.30. The molecule has 0 unspecified atom stereocenters. The van der Waals surface area contributed by atoms with Crippen molar-refractivity contribution in [3.05, 3.63) is 101 Å². The molecule has 2 amide bonds. The molecule has 27 heavy (non-hydrogen) atoms. The Kier molecular flexibility index (Phi) is 5.67. The lowest BCUT2D eigenvalue weighted by Gasteiger charge is -2.12. The normalized spacial score (nSPS) is 10.3. The molecule has 0 saturated heterocycles. The second-order valence-corrected chi connectivity index (χ2v) is 6.55. The van der Waals surface area contributed by atoms with Crippen LogP contribution in [0.15, 0.2) is 78.9 Å². The largest absolute Gasteiger partial charge is 0.345 e. The summed E-state index contributed by atoms with van der Waals surface area (Å²) in [6.07, 6.45) is 0.695. The van der Waals surface area contributed by atoms with Crippen molar-refractivity contribution in [3.8, 4) is 0 Å². The SMILES string of the molecule is CN(C)C(=O)c1ccc(NC(=O)c2ccccc2Cc2ccccc2)cc1. The van der Waals surface area contributed by atoms with E-state index >= 15 is 0 Å². The molecular weight excluding hydrogens is 336 g/mol. The monoisotopic (exact) mass is 358 g/mol. The van der Waals surface area contributed by atoms with Crippen LogP contribution in [-0.2, 0) is 6.42 Å². The van der Waals surface area contributed by atoms with Crippen LogP contribution in [0.25, 0.3) is 0 Å². The van der Waals surface area contributed by atoms with Gasteiger partial charge in [-0.1, -0.05) is 48.5 Å². The van der Waals surface area contributed by atoms with E-state index in [4.69, 9.17) is 0 Å². The Morgan fingerprint density at radius 3 is 2.11 bits per heavy atom. The van der Waals surface area contributed by atoms with Crippen LogP contribution in [0, 0.1) is 0 Å². The number of rotatable bonds is 5. The Hall–Kier alpha value is -3.40. The fourth-order valence-corrected chi connectivity index (χ4v) is 2.86. The van der Waals surface area contributed by atoms with Crippen molar-refractivity contribution in [1.82, 2.24) is 4.90 Å². The van der Waals surface area contributed by atoms with Crippen molar-refractivity contribution in [2.45, 2.75) is 6.42 Å². The molecule has 0 radical (unpaired) electrons. The predicted molar refractivity (Wildman–Crippen MR) is 108 cm³/mol. The van der Waals surface area contributed by atoms with Gasteiger partial charge in [-0.25, -0.2) is 0 Å². The Balaban J connectivity index is 1.76. The van der Waals surface area contributed by atoms with Gasteiger partial charge in [-0.15, -0.1) is 0 Å². The zero-order valence-corrected chi connectivity index (χ0v) is 15.5. The van der Waals surface area contributed by atoms with E-state index in [0.717, 1.165) is 11.1 Å². The topological polar surface area (TPSA) is 49.4 Å². The smallest absolute Gasteiger partial charge is 0.255 e. The summed E-state index contributed by atoms with van der Waals surface area (Å²) < 4.78 is 0. The third-order valence-electron chi connectivity index (χ3n) is 4.30. The molecule has 3 aromatic rings. The minimum atomic E-state index is -0.159. The molecule has 0 saturated carbocycles. The van der Waals surface area contributed by atoms with Crippen LogP contribution >= 0.6 is 0 Å². The van der Waals surface area contributed by atoms with E-state index in [9.17, 15) is 9.59 Å².